The van der Waals surface area contributed by atoms with E-state index >= 15 is 0 Å². The van der Waals surface area contributed by atoms with Gasteiger partial charge in [0.05, 0.1) is 0 Å². The first-order valence-electron chi connectivity index (χ1n) is 9.82. The third-order valence-corrected chi connectivity index (χ3v) is 7.99. The van der Waals surface area contributed by atoms with Gasteiger partial charge in [-0.25, -0.2) is 0 Å². The Balaban J connectivity index is 1.48. The first kappa shape index (κ1) is 14.5. The quantitative estimate of drug-likeness (QED) is 0.770. The van der Waals surface area contributed by atoms with Crippen molar-refractivity contribution in [2.24, 2.45) is 35.0 Å². The third-order valence-electron chi connectivity index (χ3n) is 7.99. The van der Waals surface area contributed by atoms with Crippen molar-refractivity contribution in [3.63, 3.8) is 0 Å². The van der Waals surface area contributed by atoms with Crippen molar-refractivity contribution < 1.29 is 0 Å². The van der Waals surface area contributed by atoms with Gasteiger partial charge in [0.25, 0.3) is 0 Å². The van der Waals surface area contributed by atoms with Crippen LogP contribution in [0.5, 0.6) is 0 Å². The zero-order chi connectivity index (χ0) is 14.6. The molecule has 4 bridgehead atoms. The Bertz CT molecular complexity index is 342. The molecule has 0 saturated heterocycles. The standard InChI is InChI=1S/C20H35N/c1-13-5-4-6-14(2)19(13)21-15(3)20-10-16-7-17(11-20)9-18(8-16)12-20/h13-19,21H,4-12H2,1-3H3. The molecule has 0 aromatic carbocycles. The Morgan fingerprint density at radius 3 is 1.81 bits per heavy atom. The Labute approximate surface area is 131 Å². The highest BCUT2D eigenvalue weighted by Crippen LogP contribution is 2.61. The van der Waals surface area contributed by atoms with Crippen molar-refractivity contribution in [1.29, 1.82) is 0 Å². The van der Waals surface area contributed by atoms with Crippen LogP contribution in [0.25, 0.3) is 0 Å². The molecule has 120 valence electrons. The summed E-state index contributed by atoms with van der Waals surface area (Å²) in [6.07, 6.45) is 13.7. The Hall–Kier alpha value is -0.0400. The van der Waals surface area contributed by atoms with Gasteiger partial charge in [-0.1, -0.05) is 20.3 Å². The van der Waals surface area contributed by atoms with Crippen molar-refractivity contribution in [3.05, 3.63) is 0 Å². The van der Waals surface area contributed by atoms with Crippen LogP contribution in [0.1, 0.15) is 78.6 Å². The summed E-state index contributed by atoms with van der Waals surface area (Å²) < 4.78 is 0. The molecule has 5 fully saturated rings. The summed E-state index contributed by atoms with van der Waals surface area (Å²) in [5, 5.41) is 4.18. The van der Waals surface area contributed by atoms with Gasteiger partial charge in [-0.3, -0.25) is 0 Å². The second kappa shape index (κ2) is 5.25. The van der Waals surface area contributed by atoms with Crippen LogP contribution in [0.4, 0.5) is 0 Å². The molecule has 0 spiro atoms. The molecule has 0 radical (unpaired) electrons. The smallest absolute Gasteiger partial charge is 0.0121 e. The average molecular weight is 290 g/mol. The highest BCUT2D eigenvalue weighted by molar-refractivity contribution is 5.06. The molecule has 21 heavy (non-hydrogen) atoms. The van der Waals surface area contributed by atoms with Gasteiger partial charge in [0, 0.05) is 12.1 Å². The lowest BCUT2D eigenvalue weighted by Gasteiger charge is -2.60. The van der Waals surface area contributed by atoms with E-state index in [2.05, 4.69) is 26.1 Å². The summed E-state index contributed by atoms with van der Waals surface area (Å²) in [5.74, 6) is 5.01. The van der Waals surface area contributed by atoms with E-state index in [-0.39, 0.29) is 0 Å². The summed E-state index contributed by atoms with van der Waals surface area (Å²) in [4.78, 5) is 0. The molecule has 5 aliphatic rings. The van der Waals surface area contributed by atoms with Gasteiger partial charge in [-0.15, -0.1) is 0 Å². The molecule has 3 unspecified atom stereocenters. The molecule has 1 nitrogen and oxygen atoms in total. The van der Waals surface area contributed by atoms with Crippen LogP contribution in [-0.2, 0) is 0 Å². The summed E-state index contributed by atoms with van der Waals surface area (Å²) >= 11 is 0. The van der Waals surface area contributed by atoms with Gasteiger partial charge >= 0.3 is 0 Å². The second-order valence-electron chi connectivity index (χ2n) is 9.58. The molecule has 1 N–H and O–H groups in total. The van der Waals surface area contributed by atoms with E-state index in [9.17, 15) is 0 Å². The Kier molecular flexibility index (Phi) is 3.64. The Morgan fingerprint density at radius 2 is 1.33 bits per heavy atom. The van der Waals surface area contributed by atoms with Crippen LogP contribution in [0.2, 0.25) is 0 Å². The molecular weight excluding hydrogens is 254 g/mol. The van der Waals surface area contributed by atoms with Crippen LogP contribution >= 0.6 is 0 Å². The van der Waals surface area contributed by atoms with Gasteiger partial charge in [0.1, 0.15) is 0 Å². The van der Waals surface area contributed by atoms with Crippen LogP contribution in [0.3, 0.4) is 0 Å². The zero-order valence-corrected chi connectivity index (χ0v) is 14.4. The molecule has 0 aromatic heterocycles. The SMILES string of the molecule is CC1CCCC(C)C1NC(C)C12CC3CC(CC(C3)C1)C2. The maximum absolute atomic E-state index is 4.18. The summed E-state index contributed by atoms with van der Waals surface area (Å²) in [5.41, 5.74) is 0.672. The molecule has 0 aromatic rings. The Morgan fingerprint density at radius 1 is 0.857 bits per heavy atom. The first-order valence-corrected chi connectivity index (χ1v) is 9.82. The van der Waals surface area contributed by atoms with Crippen molar-refractivity contribution in [2.75, 3.05) is 0 Å². The summed E-state index contributed by atoms with van der Waals surface area (Å²) in [6.45, 7) is 7.51. The maximum atomic E-state index is 4.18. The van der Waals surface area contributed by atoms with Crippen LogP contribution in [0, 0.1) is 35.0 Å². The number of hydrogen-bond acceptors (Lipinski definition) is 1. The fourth-order valence-corrected chi connectivity index (χ4v) is 7.18. The highest BCUT2D eigenvalue weighted by Gasteiger charge is 2.53. The van der Waals surface area contributed by atoms with Crippen LogP contribution < -0.4 is 5.32 Å². The number of nitrogens with one attached hydrogen (secondary N) is 1. The van der Waals surface area contributed by atoms with E-state index in [1.165, 1.54) is 19.3 Å². The summed E-state index contributed by atoms with van der Waals surface area (Å²) in [6, 6.07) is 1.53. The summed E-state index contributed by atoms with van der Waals surface area (Å²) in [7, 11) is 0. The minimum atomic E-state index is 0.672. The number of rotatable bonds is 3. The molecule has 0 amide bonds. The number of hydrogen-bond donors (Lipinski definition) is 1. The van der Waals surface area contributed by atoms with E-state index < -0.39 is 0 Å². The minimum absolute atomic E-state index is 0.672. The van der Waals surface area contributed by atoms with Crippen molar-refractivity contribution >= 4 is 0 Å². The average Bonchev–Trinajstić information content (AvgIpc) is 2.41. The predicted octanol–water partition coefficient (Wildman–Crippen LogP) is 5.01. The van der Waals surface area contributed by atoms with E-state index in [1.807, 2.05) is 0 Å². The second-order valence-corrected chi connectivity index (χ2v) is 9.58. The van der Waals surface area contributed by atoms with E-state index in [0.29, 0.717) is 5.41 Å². The monoisotopic (exact) mass is 289 g/mol. The van der Waals surface area contributed by atoms with Gasteiger partial charge < -0.3 is 5.32 Å². The highest BCUT2D eigenvalue weighted by atomic mass is 15.0. The van der Waals surface area contributed by atoms with Crippen LogP contribution in [0.15, 0.2) is 0 Å². The fraction of sp³-hybridized carbons (Fsp3) is 1.00. The van der Waals surface area contributed by atoms with Crippen molar-refractivity contribution in [3.8, 4) is 0 Å². The van der Waals surface area contributed by atoms with Gasteiger partial charge in [0.2, 0.25) is 0 Å². The minimum Gasteiger partial charge on any atom is -0.310 e. The molecule has 0 heterocycles. The van der Waals surface area contributed by atoms with Gasteiger partial charge in [-0.2, -0.15) is 0 Å². The molecular formula is C20H35N. The zero-order valence-electron chi connectivity index (χ0n) is 14.4. The third kappa shape index (κ3) is 2.48. The molecule has 3 atom stereocenters. The lowest BCUT2D eigenvalue weighted by molar-refractivity contribution is -0.0750. The molecule has 5 saturated carbocycles. The lowest BCUT2D eigenvalue weighted by Crippen LogP contribution is -2.58. The fourth-order valence-electron chi connectivity index (χ4n) is 7.18. The van der Waals surface area contributed by atoms with Crippen LogP contribution in [-0.4, -0.2) is 12.1 Å². The normalized spacial score (nSPS) is 53.9. The van der Waals surface area contributed by atoms with E-state index in [4.69, 9.17) is 0 Å². The van der Waals surface area contributed by atoms with Crippen molar-refractivity contribution in [2.45, 2.75) is 90.6 Å². The largest absolute Gasteiger partial charge is 0.310 e. The maximum Gasteiger partial charge on any atom is 0.0121 e. The first-order chi connectivity index (χ1) is 10.1. The van der Waals surface area contributed by atoms with Crippen molar-refractivity contribution in [1.82, 2.24) is 5.32 Å². The molecule has 1 heteroatoms. The van der Waals surface area contributed by atoms with E-state index in [0.717, 1.165) is 41.7 Å². The molecule has 5 aliphatic carbocycles. The molecule has 0 aliphatic heterocycles. The van der Waals surface area contributed by atoms with E-state index in [1.54, 1.807) is 38.5 Å². The van der Waals surface area contributed by atoms with Gasteiger partial charge in [0.15, 0.2) is 0 Å². The molecule has 5 rings (SSSR count). The lowest BCUT2D eigenvalue weighted by atomic mass is 9.48. The van der Waals surface area contributed by atoms with Gasteiger partial charge in [-0.05, 0) is 93.3 Å². The predicted molar refractivity (Wildman–Crippen MR) is 89.2 cm³/mol. The topological polar surface area (TPSA) is 12.0 Å².